The van der Waals surface area contributed by atoms with Gasteiger partial charge in [0.15, 0.2) is 0 Å². The summed E-state index contributed by atoms with van der Waals surface area (Å²) in [5.74, 6) is -0.00195. The number of hydrogen-bond donors (Lipinski definition) is 2. The van der Waals surface area contributed by atoms with Crippen LogP contribution >= 0.6 is 0 Å². The number of carbonyl (C=O) groups is 1. The second-order valence-electron chi connectivity index (χ2n) is 3.80. The maximum absolute atomic E-state index is 11.7. The molecule has 0 spiro atoms. The first kappa shape index (κ1) is 11.4. The zero-order valence-electron chi connectivity index (χ0n) is 9.69. The molecule has 0 saturated heterocycles. The van der Waals surface area contributed by atoms with Crippen molar-refractivity contribution < 1.29 is 4.79 Å². The Hall–Kier alpha value is -2.04. The van der Waals surface area contributed by atoms with Gasteiger partial charge in [0, 0.05) is 19.5 Å². The molecule has 0 bridgehead atoms. The fraction of sp³-hybridized carbons (Fsp3) is 0.333. The van der Waals surface area contributed by atoms with Crippen LogP contribution in [0.2, 0.25) is 0 Å². The number of H-pyrrole nitrogens is 1. The minimum atomic E-state index is -0.142. The van der Waals surface area contributed by atoms with Gasteiger partial charge in [-0.3, -0.25) is 9.36 Å². The first-order valence-corrected chi connectivity index (χ1v) is 5.66. The Labute approximate surface area is 98.4 Å². The summed E-state index contributed by atoms with van der Waals surface area (Å²) in [7, 11) is 0. The third-order valence-corrected chi connectivity index (χ3v) is 2.66. The van der Waals surface area contributed by atoms with Gasteiger partial charge in [0.2, 0.25) is 5.91 Å². The van der Waals surface area contributed by atoms with Gasteiger partial charge in [0.1, 0.15) is 0 Å². The lowest BCUT2D eigenvalue weighted by Gasteiger charge is -2.04. The molecule has 1 aromatic carbocycles. The highest BCUT2D eigenvalue weighted by atomic mass is 16.2. The topological polar surface area (TPSA) is 66.9 Å². The SMILES string of the molecule is CCC(=O)NCCn1c(=O)[nH]c2ccccc21. The van der Waals surface area contributed by atoms with Crippen molar-refractivity contribution >= 4 is 16.9 Å². The van der Waals surface area contributed by atoms with Crippen molar-refractivity contribution in [3.05, 3.63) is 34.7 Å². The van der Waals surface area contributed by atoms with Crippen LogP contribution in [0, 0.1) is 0 Å². The third-order valence-electron chi connectivity index (χ3n) is 2.66. The number of carbonyl (C=O) groups excluding carboxylic acids is 1. The van der Waals surface area contributed by atoms with Crippen molar-refractivity contribution in [3.8, 4) is 0 Å². The lowest BCUT2D eigenvalue weighted by atomic mass is 10.3. The minimum Gasteiger partial charge on any atom is -0.354 e. The van der Waals surface area contributed by atoms with E-state index in [4.69, 9.17) is 0 Å². The first-order chi connectivity index (χ1) is 8.22. The molecule has 2 aromatic rings. The van der Waals surface area contributed by atoms with E-state index in [1.165, 1.54) is 0 Å². The van der Waals surface area contributed by atoms with Gasteiger partial charge < -0.3 is 10.3 Å². The van der Waals surface area contributed by atoms with Gasteiger partial charge in [0.25, 0.3) is 0 Å². The Bertz CT molecular complexity index is 583. The molecule has 5 heteroatoms. The summed E-state index contributed by atoms with van der Waals surface area (Å²) in [6.07, 6.45) is 0.461. The molecule has 0 aliphatic carbocycles. The number of nitrogens with one attached hydrogen (secondary N) is 2. The molecule has 0 saturated carbocycles. The predicted octanol–water partition coefficient (Wildman–Crippen LogP) is 0.856. The number of fused-ring (bicyclic) bond motifs is 1. The van der Waals surface area contributed by atoms with E-state index in [1.54, 1.807) is 11.5 Å². The highest BCUT2D eigenvalue weighted by molar-refractivity contribution is 5.76. The molecular weight excluding hydrogens is 218 g/mol. The van der Waals surface area contributed by atoms with Crippen LogP contribution in [0.3, 0.4) is 0 Å². The van der Waals surface area contributed by atoms with Gasteiger partial charge in [-0.15, -0.1) is 0 Å². The number of rotatable bonds is 4. The van der Waals surface area contributed by atoms with Gasteiger partial charge in [-0.25, -0.2) is 4.79 Å². The van der Waals surface area contributed by atoms with Crippen molar-refractivity contribution in [2.45, 2.75) is 19.9 Å². The van der Waals surface area contributed by atoms with E-state index < -0.39 is 0 Å². The van der Waals surface area contributed by atoms with Crippen molar-refractivity contribution in [1.82, 2.24) is 14.9 Å². The fourth-order valence-electron chi connectivity index (χ4n) is 1.76. The molecule has 1 amide bonds. The lowest BCUT2D eigenvalue weighted by Crippen LogP contribution is -2.29. The number of imidazole rings is 1. The smallest absolute Gasteiger partial charge is 0.326 e. The van der Waals surface area contributed by atoms with Gasteiger partial charge in [-0.1, -0.05) is 19.1 Å². The molecule has 0 fully saturated rings. The molecule has 90 valence electrons. The van der Waals surface area contributed by atoms with Crippen LogP contribution in [-0.2, 0) is 11.3 Å². The quantitative estimate of drug-likeness (QED) is 0.822. The molecule has 0 aliphatic rings. The second-order valence-corrected chi connectivity index (χ2v) is 3.80. The van der Waals surface area contributed by atoms with E-state index in [-0.39, 0.29) is 11.6 Å². The van der Waals surface area contributed by atoms with Crippen molar-refractivity contribution in [2.24, 2.45) is 0 Å². The Kier molecular flexibility index (Phi) is 3.27. The highest BCUT2D eigenvalue weighted by Gasteiger charge is 2.05. The molecule has 17 heavy (non-hydrogen) atoms. The zero-order valence-corrected chi connectivity index (χ0v) is 9.69. The van der Waals surface area contributed by atoms with Crippen LogP contribution in [0.5, 0.6) is 0 Å². The maximum Gasteiger partial charge on any atom is 0.326 e. The van der Waals surface area contributed by atoms with E-state index in [1.807, 2.05) is 24.3 Å². The minimum absolute atomic E-state index is 0.00195. The average Bonchev–Trinajstić information content (AvgIpc) is 2.66. The van der Waals surface area contributed by atoms with Crippen molar-refractivity contribution in [2.75, 3.05) is 6.54 Å². The molecule has 0 unspecified atom stereocenters. The van der Waals surface area contributed by atoms with Crippen LogP contribution < -0.4 is 11.0 Å². The van der Waals surface area contributed by atoms with E-state index in [0.717, 1.165) is 11.0 Å². The Morgan fingerprint density at radius 3 is 2.94 bits per heavy atom. The summed E-state index contributed by atoms with van der Waals surface area (Å²) in [6, 6.07) is 7.50. The summed E-state index contributed by atoms with van der Waals surface area (Å²) in [6.45, 7) is 2.75. The molecule has 2 N–H and O–H groups in total. The zero-order chi connectivity index (χ0) is 12.3. The van der Waals surface area contributed by atoms with Crippen LogP contribution in [-0.4, -0.2) is 22.0 Å². The van der Waals surface area contributed by atoms with E-state index in [2.05, 4.69) is 10.3 Å². The first-order valence-electron chi connectivity index (χ1n) is 5.66. The van der Waals surface area contributed by atoms with E-state index >= 15 is 0 Å². The molecule has 5 nitrogen and oxygen atoms in total. The lowest BCUT2D eigenvalue weighted by molar-refractivity contribution is -0.120. The Balaban J connectivity index is 2.15. The normalized spacial score (nSPS) is 10.6. The summed E-state index contributed by atoms with van der Waals surface area (Å²) < 4.78 is 1.63. The molecule has 1 aromatic heterocycles. The largest absolute Gasteiger partial charge is 0.354 e. The van der Waals surface area contributed by atoms with Crippen LogP contribution in [0.4, 0.5) is 0 Å². The second kappa shape index (κ2) is 4.86. The van der Waals surface area contributed by atoms with Gasteiger partial charge in [0.05, 0.1) is 11.0 Å². The number of aromatic amines is 1. The highest BCUT2D eigenvalue weighted by Crippen LogP contribution is 2.08. The molecule has 1 heterocycles. The number of amides is 1. The summed E-state index contributed by atoms with van der Waals surface area (Å²) in [4.78, 5) is 25.5. The number of hydrogen-bond acceptors (Lipinski definition) is 2. The average molecular weight is 233 g/mol. The van der Waals surface area contributed by atoms with Crippen molar-refractivity contribution in [1.29, 1.82) is 0 Å². The molecule has 0 aliphatic heterocycles. The number of nitrogens with zero attached hydrogens (tertiary/aromatic N) is 1. The standard InChI is InChI=1S/C12H15N3O2/c1-2-11(16)13-7-8-15-10-6-4-3-5-9(10)14-12(15)17/h3-6H,2,7-8H2,1H3,(H,13,16)(H,14,17). The third kappa shape index (κ3) is 2.38. The molecular formula is C12H15N3O2. The molecule has 0 atom stereocenters. The summed E-state index contributed by atoms with van der Waals surface area (Å²) in [5, 5.41) is 2.75. The van der Waals surface area contributed by atoms with Crippen LogP contribution in [0.15, 0.2) is 29.1 Å². The maximum atomic E-state index is 11.7. The van der Waals surface area contributed by atoms with Crippen molar-refractivity contribution in [3.63, 3.8) is 0 Å². The monoisotopic (exact) mass is 233 g/mol. The predicted molar refractivity (Wildman–Crippen MR) is 65.9 cm³/mol. The number of benzene rings is 1. The number of aromatic nitrogens is 2. The Morgan fingerprint density at radius 2 is 2.18 bits per heavy atom. The number of para-hydroxylation sites is 2. The fourth-order valence-corrected chi connectivity index (χ4v) is 1.76. The van der Waals surface area contributed by atoms with Crippen LogP contribution in [0.25, 0.3) is 11.0 Å². The van der Waals surface area contributed by atoms with Crippen LogP contribution in [0.1, 0.15) is 13.3 Å². The van der Waals surface area contributed by atoms with E-state index in [0.29, 0.717) is 19.5 Å². The van der Waals surface area contributed by atoms with E-state index in [9.17, 15) is 9.59 Å². The van der Waals surface area contributed by atoms with Gasteiger partial charge in [-0.05, 0) is 12.1 Å². The Morgan fingerprint density at radius 1 is 1.41 bits per heavy atom. The summed E-state index contributed by atoms with van der Waals surface area (Å²) >= 11 is 0. The van der Waals surface area contributed by atoms with Gasteiger partial charge >= 0.3 is 5.69 Å². The summed E-state index contributed by atoms with van der Waals surface area (Å²) in [5.41, 5.74) is 1.54. The van der Waals surface area contributed by atoms with Gasteiger partial charge in [-0.2, -0.15) is 0 Å². The molecule has 0 radical (unpaired) electrons. The molecule has 2 rings (SSSR count).